The highest BCUT2D eigenvalue weighted by Crippen LogP contribution is 2.35. The maximum absolute atomic E-state index is 14.2. The van der Waals surface area contributed by atoms with E-state index in [2.05, 4.69) is 15.9 Å². The van der Waals surface area contributed by atoms with Gasteiger partial charge in [0.25, 0.3) is 0 Å². The standard InChI is InChI=1S/C14H11BrClFN2O/c1-7-2-4-9(16)11(6-7)20-10-5-3-8(14(18)19)12(15)13(10)17/h2-6H,1H3,(H3,18,19). The summed E-state index contributed by atoms with van der Waals surface area (Å²) in [5, 5.41) is 7.74. The van der Waals surface area contributed by atoms with Crippen LogP contribution in [0.25, 0.3) is 0 Å². The summed E-state index contributed by atoms with van der Waals surface area (Å²) < 4.78 is 19.8. The van der Waals surface area contributed by atoms with E-state index in [0.717, 1.165) is 5.56 Å². The van der Waals surface area contributed by atoms with Crippen LogP contribution in [0, 0.1) is 18.2 Å². The van der Waals surface area contributed by atoms with Gasteiger partial charge in [0.1, 0.15) is 11.6 Å². The van der Waals surface area contributed by atoms with Crippen molar-refractivity contribution >= 4 is 33.4 Å². The van der Waals surface area contributed by atoms with E-state index in [-0.39, 0.29) is 21.6 Å². The Morgan fingerprint density at radius 1 is 1.30 bits per heavy atom. The number of nitrogens with two attached hydrogens (primary N) is 1. The van der Waals surface area contributed by atoms with E-state index in [1.54, 1.807) is 12.1 Å². The van der Waals surface area contributed by atoms with Gasteiger partial charge in [-0.25, -0.2) is 4.39 Å². The molecule has 2 aromatic rings. The molecule has 3 nitrogen and oxygen atoms in total. The van der Waals surface area contributed by atoms with Crippen molar-refractivity contribution in [2.45, 2.75) is 6.92 Å². The van der Waals surface area contributed by atoms with E-state index < -0.39 is 5.82 Å². The lowest BCUT2D eigenvalue weighted by molar-refractivity contribution is 0.440. The van der Waals surface area contributed by atoms with Gasteiger partial charge in [-0.2, -0.15) is 0 Å². The summed E-state index contributed by atoms with van der Waals surface area (Å²) in [5.74, 6) is -0.478. The summed E-state index contributed by atoms with van der Waals surface area (Å²) in [7, 11) is 0. The molecule has 2 rings (SSSR count). The molecule has 6 heteroatoms. The molecular formula is C14H11BrClFN2O. The minimum Gasteiger partial charge on any atom is -0.453 e. The average Bonchev–Trinajstić information content (AvgIpc) is 2.39. The highest BCUT2D eigenvalue weighted by atomic mass is 79.9. The zero-order valence-corrected chi connectivity index (χ0v) is 12.8. The maximum Gasteiger partial charge on any atom is 0.180 e. The molecule has 0 aliphatic rings. The topological polar surface area (TPSA) is 59.1 Å². The van der Waals surface area contributed by atoms with E-state index in [9.17, 15) is 4.39 Å². The number of ether oxygens (including phenoxy) is 1. The van der Waals surface area contributed by atoms with Crippen molar-refractivity contribution in [1.82, 2.24) is 0 Å². The van der Waals surface area contributed by atoms with Crippen LogP contribution in [0.15, 0.2) is 34.8 Å². The second-order valence-electron chi connectivity index (χ2n) is 4.19. The third-order valence-corrected chi connectivity index (χ3v) is 3.73. The van der Waals surface area contributed by atoms with E-state index in [0.29, 0.717) is 10.8 Å². The first kappa shape index (κ1) is 14.8. The molecule has 0 saturated carbocycles. The predicted octanol–water partition coefficient (Wildman–Crippen LogP) is 4.63. The maximum atomic E-state index is 14.2. The third kappa shape index (κ3) is 2.94. The summed E-state index contributed by atoms with van der Waals surface area (Å²) in [6.45, 7) is 1.88. The van der Waals surface area contributed by atoms with E-state index in [4.69, 9.17) is 27.5 Å². The van der Waals surface area contributed by atoms with E-state index in [1.165, 1.54) is 12.1 Å². The quantitative estimate of drug-likeness (QED) is 0.621. The van der Waals surface area contributed by atoms with Crippen LogP contribution in [-0.2, 0) is 0 Å². The number of hydrogen-bond donors (Lipinski definition) is 2. The van der Waals surface area contributed by atoms with Gasteiger partial charge in [0, 0.05) is 5.56 Å². The van der Waals surface area contributed by atoms with Gasteiger partial charge >= 0.3 is 0 Å². The summed E-state index contributed by atoms with van der Waals surface area (Å²) >= 11 is 9.08. The molecule has 3 N–H and O–H groups in total. The first-order valence-corrected chi connectivity index (χ1v) is 6.83. The van der Waals surface area contributed by atoms with Crippen molar-refractivity contribution in [1.29, 1.82) is 5.41 Å². The molecule has 0 amide bonds. The molecule has 0 radical (unpaired) electrons. The lowest BCUT2D eigenvalue weighted by Crippen LogP contribution is -2.12. The SMILES string of the molecule is Cc1ccc(Cl)c(Oc2ccc(C(=N)N)c(Br)c2F)c1. The fourth-order valence-electron chi connectivity index (χ4n) is 1.63. The van der Waals surface area contributed by atoms with Gasteiger partial charge in [0.2, 0.25) is 0 Å². The second-order valence-corrected chi connectivity index (χ2v) is 5.39. The molecule has 0 saturated heterocycles. The van der Waals surface area contributed by atoms with Crippen LogP contribution in [-0.4, -0.2) is 5.84 Å². The van der Waals surface area contributed by atoms with Crippen molar-refractivity contribution in [3.8, 4) is 11.5 Å². The minimum atomic E-state index is -0.629. The molecular weight excluding hydrogens is 347 g/mol. The van der Waals surface area contributed by atoms with E-state index >= 15 is 0 Å². The Kier molecular flexibility index (Phi) is 4.30. The van der Waals surface area contributed by atoms with Crippen LogP contribution >= 0.6 is 27.5 Å². The second kappa shape index (κ2) is 5.81. The van der Waals surface area contributed by atoms with Crippen LogP contribution in [0.4, 0.5) is 4.39 Å². The predicted molar refractivity (Wildman–Crippen MR) is 81.4 cm³/mol. The molecule has 0 aromatic heterocycles. The van der Waals surface area contributed by atoms with E-state index in [1.807, 2.05) is 13.0 Å². The van der Waals surface area contributed by atoms with Gasteiger partial charge in [-0.3, -0.25) is 5.41 Å². The Morgan fingerprint density at radius 2 is 2.00 bits per heavy atom. The Labute approximate surface area is 129 Å². The van der Waals surface area contributed by atoms with Crippen LogP contribution in [0.3, 0.4) is 0 Å². The molecule has 2 aromatic carbocycles. The molecule has 0 bridgehead atoms. The van der Waals surface area contributed by atoms with Crippen LogP contribution in [0.5, 0.6) is 11.5 Å². The number of nitrogen functional groups attached to an aromatic ring is 1. The van der Waals surface area contributed by atoms with Crippen molar-refractivity contribution in [3.63, 3.8) is 0 Å². The summed E-state index contributed by atoms with van der Waals surface area (Å²) in [5.41, 5.74) is 6.57. The Hall–Kier alpha value is -1.59. The number of halogens is 3. The largest absolute Gasteiger partial charge is 0.453 e. The van der Waals surface area contributed by atoms with Gasteiger partial charge in [-0.05, 0) is 52.7 Å². The molecule has 0 unspecified atom stereocenters. The molecule has 0 aliphatic carbocycles. The molecule has 104 valence electrons. The smallest absolute Gasteiger partial charge is 0.180 e. The third-order valence-electron chi connectivity index (χ3n) is 2.64. The first-order valence-electron chi connectivity index (χ1n) is 5.66. The van der Waals surface area contributed by atoms with Crippen molar-refractivity contribution < 1.29 is 9.13 Å². The average molecular weight is 358 g/mol. The Bertz CT molecular complexity index is 691. The van der Waals surface area contributed by atoms with Crippen LogP contribution in [0.1, 0.15) is 11.1 Å². The van der Waals surface area contributed by atoms with Crippen molar-refractivity contribution in [2.24, 2.45) is 5.73 Å². The molecule has 0 heterocycles. The van der Waals surface area contributed by atoms with Crippen LogP contribution in [0.2, 0.25) is 5.02 Å². The molecule has 0 aliphatic heterocycles. The Morgan fingerprint density at radius 3 is 2.65 bits per heavy atom. The van der Waals surface area contributed by atoms with Crippen molar-refractivity contribution in [3.05, 3.63) is 56.8 Å². The number of aryl methyl sites for hydroxylation is 1. The molecule has 20 heavy (non-hydrogen) atoms. The van der Waals surface area contributed by atoms with Crippen molar-refractivity contribution in [2.75, 3.05) is 0 Å². The fraction of sp³-hybridized carbons (Fsp3) is 0.0714. The van der Waals surface area contributed by atoms with Gasteiger partial charge in [0.05, 0.1) is 9.50 Å². The van der Waals surface area contributed by atoms with Crippen LogP contribution < -0.4 is 10.5 Å². The Balaban J connectivity index is 2.42. The number of nitrogens with one attached hydrogen (secondary N) is 1. The zero-order valence-electron chi connectivity index (χ0n) is 10.5. The van der Waals surface area contributed by atoms with Gasteiger partial charge < -0.3 is 10.5 Å². The minimum absolute atomic E-state index is 0.00868. The number of rotatable bonds is 3. The summed E-state index contributed by atoms with van der Waals surface area (Å²) in [6.07, 6.45) is 0. The summed E-state index contributed by atoms with van der Waals surface area (Å²) in [6, 6.07) is 8.15. The fourth-order valence-corrected chi connectivity index (χ4v) is 2.32. The number of amidine groups is 1. The molecule has 0 fully saturated rings. The number of hydrogen-bond acceptors (Lipinski definition) is 2. The molecule has 0 spiro atoms. The van der Waals surface area contributed by atoms with Gasteiger partial charge in [0.15, 0.2) is 11.6 Å². The molecule has 0 atom stereocenters. The summed E-state index contributed by atoms with van der Waals surface area (Å²) in [4.78, 5) is 0. The number of benzene rings is 2. The van der Waals surface area contributed by atoms with Gasteiger partial charge in [-0.15, -0.1) is 0 Å². The lowest BCUT2D eigenvalue weighted by Gasteiger charge is -2.11. The highest BCUT2D eigenvalue weighted by molar-refractivity contribution is 9.10. The van der Waals surface area contributed by atoms with Gasteiger partial charge in [-0.1, -0.05) is 17.7 Å². The monoisotopic (exact) mass is 356 g/mol. The lowest BCUT2D eigenvalue weighted by atomic mass is 10.2. The zero-order chi connectivity index (χ0) is 14.9. The highest BCUT2D eigenvalue weighted by Gasteiger charge is 2.15. The normalized spacial score (nSPS) is 10.4. The first-order chi connectivity index (χ1) is 9.40.